The van der Waals surface area contributed by atoms with Gasteiger partial charge in [0.1, 0.15) is 11.9 Å². The number of hydrogen-bond acceptors (Lipinski definition) is 3. The van der Waals surface area contributed by atoms with Crippen LogP contribution < -0.4 is 10.1 Å². The number of benzene rings is 1. The van der Waals surface area contributed by atoms with E-state index in [1.54, 1.807) is 18.2 Å². The lowest BCUT2D eigenvalue weighted by Gasteiger charge is -2.20. The Morgan fingerprint density at radius 3 is 2.48 bits per heavy atom. The first-order valence-electron chi connectivity index (χ1n) is 6.87. The van der Waals surface area contributed by atoms with Crippen LogP contribution in [-0.4, -0.2) is 32.9 Å². The average molecular weight is 357 g/mol. The van der Waals surface area contributed by atoms with Crippen LogP contribution in [0.15, 0.2) is 18.2 Å². The van der Waals surface area contributed by atoms with Crippen LogP contribution in [0.25, 0.3) is 0 Å². The zero-order valence-electron chi connectivity index (χ0n) is 12.7. The molecule has 0 fully saturated rings. The Bertz CT molecular complexity index is 403. The van der Waals surface area contributed by atoms with Gasteiger partial charge < -0.3 is 14.8 Å². The highest BCUT2D eigenvalue weighted by molar-refractivity contribution is 6.35. The highest BCUT2D eigenvalue weighted by atomic mass is 35.5. The first-order valence-corrected chi connectivity index (χ1v) is 7.62. The molecular formula is C15H24Cl3NO2. The molecule has 1 aromatic rings. The minimum atomic E-state index is -0.0279. The topological polar surface area (TPSA) is 30.5 Å². The van der Waals surface area contributed by atoms with Crippen LogP contribution in [0.2, 0.25) is 10.0 Å². The second-order valence-electron chi connectivity index (χ2n) is 5.14. The number of hydrogen-bond donors (Lipinski definition) is 1. The standard InChI is InChI=1S/C15H23Cl2NO2.ClH/c1-11(2)9-19-10-13(6-7-18-3)20-15-5-4-12(16)8-14(15)17;/h4-5,8,11,13,18H,6-7,9-10H2,1-3H3;1H. The zero-order chi connectivity index (χ0) is 15.0. The maximum absolute atomic E-state index is 6.13. The third-order valence-corrected chi connectivity index (χ3v) is 3.19. The van der Waals surface area contributed by atoms with Gasteiger partial charge in [0, 0.05) is 11.6 Å². The van der Waals surface area contributed by atoms with Gasteiger partial charge in [0.2, 0.25) is 0 Å². The van der Waals surface area contributed by atoms with Crippen LogP contribution >= 0.6 is 35.6 Å². The first kappa shape index (κ1) is 20.8. The van der Waals surface area contributed by atoms with E-state index in [0.29, 0.717) is 28.3 Å². The highest BCUT2D eigenvalue weighted by Crippen LogP contribution is 2.28. The van der Waals surface area contributed by atoms with E-state index in [1.807, 2.05) is 7.05 Å². The smallest absolute Gasteiger partial charge is 0.138 e. The van der Waals surface area contributed by atoms with E-state index in [4.69, 9.17) is 32.7 Å². The third kappa shape index (κ3) is 8.74. The Morgan fingerprint density at radius 2 is 1.90 bits per heavy atom. The van der Waals surface area contributed by atoms with E-state index in [9.17, 15) is 0 Å². The molecule has 1 rings (SSSR count). The first-order chi connectivity index (χ1) is 9.52. The number of ether oxygens (including phenoxy) is 2. The van der Waals surface area contributed by atoms with Gasteiger partial charge in [0.05, 0.1) is 11.6 Å². The van der Waals surface area contributed by atoms with Gasteiger partial charge in [-0.05, 0) is 44.1 Å². The van der Waals surface area contributed by atoms with Crippen molar-refractivity contribution in [3.05, 3.63) is 28.2 Å². The predicted octanol–water partition coefficient (Wildman–Crippen LogP) is 4.44. The van der Waals surface area contributed by atoms with Crippen LogP contribution in [0.3, 0.4) is 0 Å². The maximum Gasteiger partial charge on any atom is 0.138 e. The van der Waals surface area contributed by atoms with Crippen molar-refractivity contribution in [1.82, 2.24) is 5.32 Å². The van der Waals surface area contributed by atoms with Gasteiger partial charge in [-0.25, -0.2) is 0 Å². The number of rotatable bonds is 9. The molecule has 0 heterocycles. The summed E-state index contributed by atoms with van der Waals surface area (Å²) < 4.78 is 11.6. The van der Waals surface area contributed by atoms with Crippen LogP contribution in [0.4, 0.5) is 0 Å². The molecule has 1 atom stereocenters. The molecule has 1 N–H and O–H groups in total. The van der Waals surface area contributed by atoms with E-state index >= 15 is 0 Å². The fourth-order valence-electron chi connectivity index (χ4n) is 1.67. The Labute approximate surface area is 143 Å². The minimum Gasteiger partial charge on any atom is -0.486 e. The molecule has 0 saturated carbocycles. The van der Waals surface area contributed by atoms with E-state index in [1.165, 1.54) is 0 Å². The van der Waals surface area contributed by atoms with E-state index < -0.39 is 0 Å². The quantitative estimate of drug-likeness (QED) is 0.709. The summed E-state index contributed by atoms with van der Waals surface area (Å²) in [5, 5.41) is 4.24. The molecule has 0 spiro atoms. The second kappa shape index (κ2) is 11.4. The van der Waals surface area contributed by atoms with Crippen LogP contribution in [0.5, 0.6) is 5.75 Å². The minimum absolute atomic E-state index is 0. The molecule has 0 aliphatic rings. The lowest BCUT2D eigenvalue weighted by molar-refractivity contribution is 0.0345. The van der Waals surface area contributed by atoms with Gasteiger partial charge in [-0.2, -0.15) is 0 Å². The Kier molecular flexibility index (Phi) is 11.3. The highest BCUT2D eigenvalue weighted by Gasteiger charge is 2.13. The molecule has 0 aliphatic carbocycles. The molecule has 0 amide bonds. The van der Waals surface area contributed by atoms with Crippen molar-refractivity contribution in [3.8, 4) is 5.75 Å². The van der Waals surface area contributed by atoms with Gasteiger partial charge in [-0.15, -0.1) is 12.4 Å². The Balaban J connectivity index is 0.00000400. The predicted molar refractivity (Wildman–Crippen MR) is 92.3 cm³/mol. The lowest BCUT2D eigenvalue weighted by Crippen LogP contribution is -2.28. The molecule has 6 heteroatoms. The average Bonchev–Trinajstić information content (AvgIpc) is 2.38. The normalized spacial score (nSPS) is 12.1. The second-order valence-corrected chi connectivity index (χ2v) is 5.98. The van der Waals surface area contributed by atoms with E-state index in [0.717, 1.165) is 19.6 Å². The Morgan fingerprint density at radius 1 is 1.19 bits per heavy atom. The Hall–Kier alpha value is -0.190. The SMILES string of the molecule is CNCCC(COCC(C)C)Oc1ccc(Cl)cc1Cl.Cl. The zero-order valence-corrected chi connectivity index (χ0v) is 15.0. The van der Waals surface area contributed by atoms with Crippen LogP contribution in [0, 0.1) is 5.92 Å². The van der Waals surface area contributed by atoms with Gasteiger partial charge >= 0.3 is 0 Å². The van der Waals surface area contributed by atoms with Crippen molar-refractivity contribution in [2.45, 2.75) is 26.4 Å². The summed E-state index contributed by atoms with van der Waals surface area (Å²) in [6.07, 6.45) is 0.827. The van der Waals surface area contributed by atoms with Crippen molar-refractivity contribution in [3.63, 3.8) is 0 Å². The van der Waals surface area contributed by atoms with Gasteiger partial charge in [-0.1, -0.05) is 37.0 Å². The molecule has 0 aliphatic heterocycles. The summed E-state index contributed by atoms with van der Waals surface area (Å²) in [6, 6.07) is 5.24. The van der Waals surface area contributed by atoms with Crippen molar-refractivity contribution < 1.29 is 9.47 Å². The van der Waals surface area contributed by atoms with Crippen LogP contribution in [-0.2, 0) is 4.74 Å². The van der Waals surface area contributed by atoms with Crippen molar-refractivity contribution in [1.29, 1.82) is 0 Å². The van der Waals surface area contributed by atoms with E-state index in [2.05, 4.69) is 19.2 Å². The van der Waals surface area contributed by atoms with E-state index in [-0.39, 0.29) is 18.5 Å². The molecule has 0 saturated heterocycles. The summed E-state index contributed by atoms with van der Waals surface area (Å²) in [5.74, 6) is 1.16. The monoisotopic (exact) mass is 355 g/mol. The van der Waals surface area contributed by atoms with Gasteiger partial charge in [0.25, 0.3) is 0 Å². The van der Waals surface area contributed by atoms with Crippen LogP contribution in [0.1, 0.15) is 20.3 Å². The van der Waals surface area contributed by atoms with Gasteiger partial charge in [-0.3, -0.25) is 0 Å². The summed E-state index contributed by atoms with van der Waals surface area (Å²) >= 11 is 12.0. The summed E-state index contributed by atoms with van der Waals surface area (Å²) in [6.45, 7) is 6.40. The van der Waals surface area contributed by atoms with Crippen molar-refractivity contribution in [2.24, 2.45) is 5.92 Å². The largest absolute Gasteiger partial charge is 0.486 e. The molecule has 1 aromatic carbocycles. The number of nitrogens with one attached hydrogen (secondary N) is 1. The fourth-order valence-corrected chi connectivity index (χ4v) is 2.12. The maximum atomic E-state index is 6.13. The molecule has 1 unspecified atom stereocenters. The molecule has 0 radical (unpaired) electrons. The summed E-state index contributed by atoms with van der Waals surface area (Å²) in [7, 11) is 1.92. The molecular weight excluding hydrogens is 333 g/mol. The lowest BCUT2D eigenvalue weighted by atomic mass is 10.2. The number of halogens is 3. The summed E-state index contributed by atoms with van der Waals surface area (Å²) in [5.41, 5.74) is 0. The summed E-state index contributed by atoms with van der Waals surface area (Å²) in [4.78, 5) is 0. The molecule has 122 valence electrons. The molecule has 3 nitrogen and oxygen atoms in total. The van der Waals surface area contributed by atoms with Gasteiger partial charge in [0.15, 0.2) is 0 Å². The fraction of sp³-hybridized carbons (Fsp3) is 0.600. The third-order valence-electron chi connectivity index (χ3n) is 2.66. The molecule has 0 bridgehead atoms. The molecule has 0 aromatic heterocycles. The van der Waals surface area contributed by atoms with Crippen molar-refractivity contribution in [2.75, 3.05) is 26.8 Å². The molecule has 21 heavy (non-hydrogen) atoms. The van der Waals surface area contributed by atoms with Crippen molar-refractivity contribution >= 4 is 35.6 Å².